The van der Waals surface area contributed by atoms with Crippen molar-refractivity contribution >= 4 is 6.09 Å². The Kier molecular flexibility index (Phi) is 4.16. The quantitative estimate of drug-likeness (QED) is 0.800. The van der Waals surface area contributed by atoms with Crippen LogP contribution in [0.25, 0.3) is 0 Å². The highest BCUT2D eigenvalue weighted by Crippen LogP contribution is 2.49. The number of carbonyl (C=O) groups is 1. The molecule has 1 aliphatic heterocycles. The summed E-state index contributed by atoms with van der Waals surface area (Å²) in [5.74, 6) is 0.762. The molecule has 1 aliphatic carbocycles. The molecule has 1 saturated heterocycles. The third kappa shape index (κ3) is 3.88. The number of rotatable bonds is 2. The van der Waals surface area contributed by atoms with Gasteiger partial charge in [0, 0.05) is 18.5 Å². The monoisotopic (exact) mass is 315 g/mol. The van der Waals surface area contributed by atoms with E-state index in [4.69, 9.17) is 4.74 Å². The Morgan fingerprint density at radius 2 is 2.09 bits per heavy atom. The molecule has 1 aromatic rings. The second kappa shape index (κ2) is 5.85. The van der Waals surface area contributed by atoms with Gasteiger partial charge in [0.05, 0.1) is 0 Å². The minimum absolute atomic E-state index is 0.148. The van der Waals surface area contributed by atoms with Gasteiger partial charge in [0.2, 0.25) is 0 Å². The summed E-state index contributed by atoms with van der Waals surface area (Å²) in [7, 11) is 0. The van der Waals surface area contributed by atoms with Gasteiger partial charge in [-0.15, -0.1) is 0 Å². The minimum atomic E-state index is -0.400. The smallest absolute Gasteiger partial charge is 0.410 e. The van der Waals surface area contributed by atoms with Crippen LogP contribution in [-0.4, -0.2) is 29.7 Å². The molecule has 1 saturated carbocycles. The maximum absolute atomic E-state index is 12.1. The fraction of sp³-hybridized carbons (Fsp3) is 0.650. The number of ether oxygens (including phenoxy) is 1. The van der Waals surface area contributed by atoms with Crippen LogP contribution in [0, 0.1) is 18.3 Å². The number of hydrogen-bond acceptors (Lipinski definition) is 2. The lowest BCUT2D eigenvalue weighted by Crippen LogP contribution is -2.58. The van der Waals surface area contributed by atoms with Crippen LogP contribution in [0.15, 0.2) is 24.3 Å². The molecule has 0 aromatic heterocycles. The summed E-state index contributed by atoms with van der Waals surface area (Å²) in [6.07, 6.45) is 4.82. The summed E-state index contributed by atoms with van der Waals surface area (Å²) >= 11 is 0. The number of benzene rings is 1. The average Bonchev–Trinajstić information content (AvgIpc) is 2.79. The largest absolute Gasteiger partial charge is 0.444 e. The lowest BCUT2D eigenvalue weighted by atomic mass is 9.77. The van der Waals surface area contributed by atoms with Crippen LogP contribution >= 0.6 is 0 Å². The van der Waals surface area contributed by atoms with Gasteiger partial charge in [-0.2, -0.15) is 0 Å². The van der Waals surface area contributed by atoms with Crippen LogP contribution in [0.4, 0.5) is 4.79 Å². The maximum Gasteiger partial charge on any atom is 0.410 e. The van der Waals surface area contributed by atoms with Gasteiger partial charge >= 0.3 is 6.09 Å². The van der Waals surface area contributed by atoms with Gasteiger partial charge < -0.3 is 9.64 Å². The SMILES string of the molecule is Cc1cccc(CC2CCC3(C2)CN(C(=O)OC(C)(C)C)C3)c1. The third-order valence-electron chi connectivity index (χ3n) is 5.12. The number of hydrogen-bond donors (Lipinski definition) is 0. The topological polar surface area (TPSA) is 29.5 Å². The Bertz CT molecular complexity index is 582. The molecule has 0 N–H and O–H groups in total. The van der Waals surface area contributed by atoms with E-state index in [9.17, 15) is 4.79 Å². The Hall–Kier alpha value is -1.51. The molecule has 3 rings (SSSR count). The number of carbonyl (C=O) groups excluding carboxylic acids is 1. The summed E-state index contributed by atoms with van der Waals surface area (Å²) in [6.45, 7) is 9.69. The molecule has 3 nitrogen and oxygen atoms in total. The van der Waals surface area contributed by atoms with E-state index in [0.29, 0.717) is 5.41 Å². The Morgan fingerprint density at radius 1 is 1.35 bits per heavy atom. The van der Waals surface area contributed by atoms with E-state index >= 15 is 0 Å². The van der Waals surface area contributed by atoms with Gasteiger partial charge in [-0.05, 0) is 64.9 Å². The zero-order valence-corrected chi connectivity index (χ0v) is 14.9. The van der Waals surface area contributed by atoms with Crippen molar-refractivity contribution in [3.63, 3.8) is 0 Å². The minimum Gasteiger partial charge on any atom is -0.444 e. The average molecular weight is 315 g/mol. The summed E-state index contributed by atoms with van der Waals surface area (Å²) in [6, 6.07) is 8.86. The molecule has 2 fully saturated rings. The van der Waals surface area contributed by atoms with Crippen LogP contribution in [0.1, 0.15) is 51.2 Å². The summed E-state index contributed by atoms with van der Waals surface area (Å²) in [5, 5.41) is 0. The first-order valence-corrected chi connectivity index (χ1v) is 8.78. The lowest BCUT2D eigenvalue weighted by molar-refractivity contribution is -0.0332. The van der Waals surface area contributed by atoms with Crippen molar-refractivity contribution in [2.75, 3.05) is 13.1 Å². The molecule has 1 amide bonds. The molecule has 1 heterocycles. The second-order valence-corrected chi connectivity index (χ2v) is 8.64. The van der Waals surface area contributed by atoms with Gasteiger partial charge in [0.25, 0.3) is 0 Å². The molecule has 23 heavy (non-hydrogen) atoms. The number of nitrogens with zero attached hydrogens (tertiary/aromatic N) is 1. The molecule has 0 radical (unpaired) electrons. The van der Waals surface area contributed by atoms with Crippen LogP contribution in [0.2, 0.25) is 0 Å². The Labute approximate surface area is 140 Å². The van der Waals surface area contributed by atoms with E-state index in [-0.39, 0.29) is 6.09 Å². The van der Waals surface area contributed by atoms with Crippen molar-refractivity contribution in [1.82, 2.24) is 4.90 Å². The predicted octanol–water partition coefficient (Wildman–Crippen LogP) is 4.57. The van der Waals surface area contributed by atoms with Crippen molar-refractivity contribution in [3.8, 4) is 0 Å². The Morgan fingerprint density at radius 3 is 2.74 bits per heavy atom. The van der Waals surface area contributed by atoms with Crippen molar-refractivity contribution in [2.45, 2.75) is 59.0 Å². The van der Waals surface area contributed by atoms with Gasteiger partial charge in [0.1, 0.15) is 5.60 Å². The van der Waals surface area contributed by atoms with E-state index in [2.05, 4.69) is 31.2 Å². The van der Waals surface area contributed by atoms with Crippen LogP contribution in [0.5, 0.6) is 0 Å². The predicted molar refractivity (Wildman–Crippen MR) is 92.5 cm³/mol. The van der Waals surface area contributed by atoms with Gasteiger partial charge in [0.15, 0.2) is 0 Å². The van der Waals surface area contributed by atoms with Crippen molar-refractivity contribution in [2.24, 2.45) is 11.3 Å². The normalized spacial score (nSPS) is 23.0. The van der Waals surface area contributed by atoms with E-state index in [1.807, 2.05) is 25.7 Å². The number of likely N-dealkylation sites (tertiary alicyclic amines) is 1. The summed E-state index contributed by atoms with van der Waals surface area (Å²) in [4.78, 5) is 14.0. The Balaban J connectivity index is 1.50. The third-order valence-corrected chi connectivity index (χ3v) is 5.12. The highest BCUT2D eigenvalue weighted by Gasteiger charge is 2.50. The highest BCUT2D eigenvalue weighted by molar-refractivity contribution is 5.69. The molecule has 0 bridgehead atoms. The van der Waals surface area contributed by atoms with Crippen LogP contribution in [0.3, 0.4) is 0 Å². The van der Waals surface area contributed by atoms with Crippen molar-refractivity contribution in [1.29, 1.82) is 0 Å². The molecule has 1 spiro atoms. The van der Waals surface area contributed by atoms with Crippen molar-refractivity contribution in [3.05, 3.63) is 35.4 Å². The molecule has 2 aliphatic rings. The molecule has 1 aromatic carbocycles. The van der Waals surface area contributed by atoms with E-state index in [1.165, 1.54) is 36.8 Å². The van der Waals surface area contributed by atoms with Gasteiger partial charge in [-0.3, -0.25) is 0 Å². The van der Waals surface area contributed by atoms with E-state index in [1.54, 1.807) is 0 Å². The highest BCUT2D eigenvalue weighted by atomic mass is 16.6. The maximum atomic E-state index is 12.1. The molecule has 1 unspecified atom stereocenters. The first-order valence-electron chi connectivity index (χ1n) is 8.78. The summed E-state index contributed by atoms with van der Waals surface area (Å²) in [5.41, 5.74) is 2.76. The molecule has 126 valence electrons. The van der Waals surface area contributed by atoms with E-state index < -0.39 is 5.60 Å². The lowest BCUT2D eigenvalue weighted by Gasteiger charge is -2.48. The van der Waals surface area contributed by atoms with E-state index in [0.717, 1.165) is 19.0 Å². The van der Waals surface area contributed by atoms with Crippen LogP contribution < -0.4 is 0 Å². The zero-order chi connectivity index (χ0) is 16.7. The zero-order valence-electron chi connectivity index (χ0n) is 14.9. The summed E-state index contributed by atoms with van der Waals surface area (Å²) < 4.78 is 5.47. The number of amides is 1. The molecular weight excluding hydrogens is 286 g/mol. The molecule has 3 heteroatoms. The first kappa shape index (κ1) is 16.4. The fourth-order valence-corrected chi connectivity index (χ4v) is 4.18. The van der Waals surface area contributed by atoms with Gasteiger partial charge in [-0.1, -0.05) is 29.8 Å². The molecule has 1 atom stereocenters. The van der Waals surface area contributed by atoms with Gasteiger partial charge in [-0.25, -0.2) is 4.79 Å². The molecular formula is C20H29NO2. The van der Waals surface area contributed by atoms with Crippen molar-refractivity contribution < 1.29 is 9.53 Å². The fourth-order valence-electron chi connectivity index (χ4n) is 4.18. The second-order valence-electron chi connectivity index (χ2n) is 8.64. The number of aryl methyl sites for hydroxylation is 1. The van der Waals surface area contributed by atoms with Crippen LogP contribution in [-0.2, 0) is 11.2 Å². The first-order chi connectivity index (χ1) is 10.7. The standard InChI is InChI=1S/C20H29NO2/c1-15-6-5-7-16(10-15)11-17-8-9-20(12-17)13-21(14-20)18(22)23-19(2,3)4/h5-7,10,17H,8-9,11-14H2,1-4H3.